The monoisotopic (exact) mass is 276 g/mol. The van der Waals surface area contributed by atoms with Gasteiger partial charge in [0.1, 0.15) is 5.75 Å². The number of ether oxygens (including phenoxy) is 1. The number of nitrogens with one attached hydrogen (secondary N) is 1. The van der Waals surface area contributed by atoms with E-state index in [-0.39, 0.29) is 0 Å². The molecule has 1 atom stereocenters. The molecule has 0 aliphatic carbocycles. The quantitative estimate of drug-likeness (QED) is 0.737. The van der Waals surface area contributed by atoms with Crippen LogP contribution in [-0.4, -0.2) is 32.8 Å². The van der Waals surface area contributed by atoms with Gasteiger partial charge in [0.2, 0.25) is 0 Å². The molecule has 112 valence electrons. The van der Waals surface area contributed by atoms with Crippen LogP contribution in [0.3, 0.4) is 0 Å². The normalized spacial score (nSPS) is 18.5. The van der Waals surface area contributed by atoms with Gasteiger partial charge in [-0.1, -0.05) is 26.3 Å². The Labute approximate surface area is 123 Å². The van der Waals surface area contributed by atoms with Gasteiger partial charge in [-0.15, -0.1) is 0 Å². The first-order valence-electron chi connectivity index (χ1n) is 8.02. The van der Waals surface area contributed by atoms with Crippen molar-refractivity contribution in [1.29, 1.82) is 0 Å². The minimum absolute atomic E-state index is 0.777. The maximum atomic E-state index is 5.80. The zero-order valence-electron chi connectivity index (χ0n) is 12.9. The van der Waals surface area contributed by atoms with E-state index in [4.69, 9.17) is 4.74 Å². The number of unbranched alkanes of at least 4 members (excludes halogenated alkanes) is 1. The number of hydrogen-bond donors (Lipinski definition) is 1. The van der Waals surface area contributed by atoms with Crippen LogP contribution in [0.15, 0.2) is 24.3 Å². The summed E-state index contributed by atoms with van der Waals surface area (Å²) in [5, 5.41) is 3.46. The summed E-state index contributed by atoms with van der Waals surface area (Å²) in [7, 11) is 0. The van der Waals surface area contributed by atoms with Gasteiger partial charge in [0.15, 0.2) is 0 Å². The summed E-state index contributed by atoms with van der Waals surface area (Å²) in [6, 6.07) is 8.55. The average molecular weight is 276 g/mol. The van der Waals surface area contributed by atoms with E-state index in [0.29, 0.717) is 0 Å². The van der Waals surface area contributed by atoms with Crippen LogP contribution < -0.4 is 15.0 Å². The van der Waals surface area contributed by atoms with Crippen molar-refractivity contribution >= 4 is 5.69 Å². The molecule has 1 aromatic carbocycles. The molecule has 0 amide bonds. The van der Waals surface area contributed by atoms with Gasteiger partial charge in [0.25, 0.3) is 0 Å². The second-order valence-electron chi connectivity index (χ2n) is 5.61. The molecular formula is C17H28N2O. The van der Waals surface area contributed by atoms with E-state index in [1.165, 1.54) is 18.5 Å². The van der Waals surface area contributed by atoms with Crippen LogP contribution >= 0.6 is 0 Å². The molecule has 0 radical (unpaired) electrons. The lowest BCUT2D eigenvalue weighted by Crippen LogP contribution is -2.26. The van der Waals surface area contributed by atoms with Gasteiger partial charge in [-0.2, -0.15) is 0 Å². The molecular weight excluding hydrogens is 248 g/mol. The molecule has 0 saturated carbocycles. The predicted molar refractivity (Wildman–Crippen MR) is 85.7 cm³/mol. The second kappa shape index (κ2) is 8.15. The van der Waals surface area contributed by atoms with Crippen molar-refractivity contribution in [3.8, 4) is 5.75 Å². The summed E-state index contributed by atoms with van der Waals surface area (Å²) < 4.78 is 5.80. The third kappa shape index (κ3) is 4.41. The molecule has 1 aliphatic heterocycles. The molecule has 1 heterocycles. The first-order valence-corrected chi connectivity index (χ1v) is 8.02. The molecule has 2 rings (SSSR count). The van der Waals surface area contributed by atoms with Crippen molar-refractivity contribution in [2.45, 2.75) is 33.1 Å². The summed E-state index contributed by atoms with van der Waals surface area (Å²) in [5.74, 6) is 1.78. The van der Waals surface area contributed by atoms with Crippen molar-refractivity contribution < 1.29 is 4.74 Å². The molecule has 1 fully saturated rings. The van der Waals surface area contributed by atoms with Crippen LogP contribution in [0.25, 0.3) is 0 Å². The Morgan fingerprint density at radius 2 is 2.25 bits per heavy atom. The van der Waals surface area contributed by atoms with Crippen molar-refractivity contribution in [3.63, 3.8) is 0 Å². The van der Waals surface area contributed by atoms with E-state index in [9.17, 15) is 0 Å². The fourth-order valence-electron chi connectivity index (χ4n) is 2.69. The minimum atomic E-state index is 0.777. The third-order valence-electron chi connectivity index (χ3n) is 3.92. The van der Waals surface area contributed by atoms with Crippen LogP contribution in [0.4, 0.5) is 5.69 Å². The van der Waals surface area contributed by atoms with E-state index < -0.39 is 0 Å². The van der Waals surface area contributed by atoms with Gasteiger partial charge < -0.3 is 15.0 Å². The zero-order chi connectivity index (χ0) is 14.2. The highest BCUT2D eigenvalue weighted by molar-refractivity contribution is 5.51. The van der Waals surface area contributed by atoms with E-state index in [0.717, 1.165) is 50.9 Å². The molecule has 1 aliphatic rings. The summed E-state index contributed by atoms with van der Waals surface area (Å²) in [6.07, 6.45) is 3.59. The van der Waals surface area contributed by atoms with Crippen LogP contribution in [0.1, 0.15) is 33.1 Å². The Morgan fingerprint density at radius 1 is 1.35 bits per heavy atom. The Bertz CT molecular complexity index is 394. The number of rotatable bonds is 8. The fourth-order valence-corrected chi connectivity index (χ4v) is 2.69. The molecule has 0 aromatic heterocycles. The van der Waals surface area contributed by atoms with Gasteiger partial charge in [0.05, 0.1) is 6.61 Å². The highest BCUT2D eigenvalue weighted by atomic mass is 16.5. The van der Waals surface area contributed by atoms with Crippen LogP contribution in [0.2, 0.25) is 0 Å². The maximum absolute atomic E-state index is 5.80. The molecule has 3 nitrogen and oxygen atoms in total. The second-order valence-corrected chi connectivity index (χ2v) is 5.61. The predicted octanol–water partition coefficient (Wildman–Crippen LogP) is 3.30. The van der Waals surface area contributed by atoms with Crippen molar-refractivity contribution in [1.82, 2.24) is 5.32 Å². The molecule has 1 N–H and O–H groups in total. The number of hydrogen-bond acceptors (Lipinski definition) is 3. The first kappa shape index (κ1) is 15.2. The Kier molecular flexibility index (Phi) is 6.19. The van der Waals surface area contributed by atoms with Crippen LogP contribution in [0.5, 0.6) is 5.75 Å². The van der Waals surface area contributed by atoms with Crippen LogP contribution in [0, 0.1) is 5.92 Å². The molecule has 1 saturated heterocycles. The molecule has 0 spiro atoms. The average Bonchev–Trinajstić information content (AvgIpc) is 2.95. The highest BCUT2D eigenvalue weighted by Crippen LogP contribution is 2.26. The Balaban J connectivity index is 1.87. The zero-order valence-corrected chi connectivity index (χ0v) is 12.9. The Morgan fingerprint density at radius 3 is 3.05 bits per heavy atom. The summed E-state index contributed by atoms with van der Waals surface area (Å²) in [4.78, 5) is 2.48. The minimum Gasteiger partial charge on any atom is -0.494 e. The molecule has 1 unspecified atom stereocenters. The van der Waals surface area contributed by atoms with E-state index in [1.54, 1.807) is 0 Å². The summed E-state index contributed by atoms with van der Waals surface area (Å²) >= 11 is 0. The molecule has 3 heteroatoms. The smallest absolute Gasteiger partial charge is 0.121 e. The van der Waals surface area contributed by atoms with Crippen molar-refractivity contribution in [2.75, 3.05) is 37.7 Å². The van der Waals surface area contributed by atoms with Gasteiger partial charge in [-0.25, -0.2) is 0 Å². The van der Waals surface area contributed by atoms with Crippen LogP contribution in [-0.2, 0) is 0 Å². The van der Waals surface area contributed by atoms with E-state index in [1.807, 2.05) is 0 Å². The van der Waals surface area contributed by atoms with E-state index in [2.05, 4.69) is 48.3 Å². The fraction of sp³-hybridized carbons (Fsp3) is 0.647. The number of anilines is 1. The lowest BCUT2D eigenvalue weighted by atomic mass is 10.1. The SMILES string of the molecule is CCCCOc1cccc(N2CCC(CNCC)C2)c1. The lowest BCUT2D eigenvalue weighted by molar-refractivity contribution is 0.309. The standard InChI is InChI=1S/C17H28N2O/c1-3-5-11-20-17-8-6-7-16(12-17)19-10-9-15(14-19)13-18-4-2/h6-8,12,15,18H,3-5,9-11,13-14H2,1-2H3. The number of nitrogens with zero attached hydrogens (tertiary/aromatic N) is 1. The largest absolute Gasteiger partial charge is 0.494 e. The van der Waals surface area contributed by atoms with Gasteiger partial charge >= 0.3 is 0 Å². The number of benzene rings is 1. The third-order valence-corrected chi connectivity index (χ3v) is 3.92. The summed E-state index contributed by atoms with van der Waals surface area (Å²) in [5.41, 5.74) is 1.30. The lowest BCUT2D eigenvalue weighted by Gasteiger charge is -2.19. The van der Waals surface area contributed by atoms with Gasteiger partial charge in [-0.3, -0.25) is 0 Å². The molecule has 1 aromatic rings. The molecule has 20 heavy (non-hydrogen) atoms. The first-order chi connectivity index (χ1) is 9.83. The highest BCUT2D eigenvalue weighted by Gasteiger charge is 2.22. The summed E-state index contributed by atoms with van der Waals surface area (Å²) in [6.45, 7) is 9.71. The Hall–Kier alpha value is -1.22. The topological polar surface area (TPSA) is 24.5 Å². The molecule has 0 bridgehead atoms. The van der Waals surface area contributed by atoms with Gasteiger partial charge in [0, 0.05) is 24.8 Å². The van der Waals surface area contributed by atoms with Crippen molar-refractivity contribution in [2.24, 2.45) is 5.92 Å². The van der Waals surface area contributed by atoms with Gasteiger partial charge in [-0.05, 0) is 44.0 Å². The van der Waals surface area contributed by atoms with E-state index >= 15 is 0 Å². The van der Waals surface area contributed by atoms with Crippen molar-refractivity contribution in [3.05, 3.63) is 24.3 Å². The maximum Gasteiger partial charge on any atom is 0.121 e.